The second-order valence-corrected chi connectivity index (χ2v) is 3.70. The molecule has 0 aliphatic carbocycles. The average Bonchev–Trinajstić information content (AvgIpc) is 2.77. The molecule has 1 aromatic heterocycles. The molecular formula is C11H19N3O2. The van der Waals surface area contributed by atoms with Crippen LogP contribution in [0.25, 0.3) is 0 Å². The fourth-order valence-corrected chi connectivity index (χ4v) is 1.21. The molecule has 5 nitrogen and oxygen atoms in total. The van der Waals surface area contributed by atoms with E-state index in [1.165, 1.54) is 6.26 Å². The molecule has 1 amide bonds. The van der Waals surface area contributed by atoms with Crippen LogP contribution in [0.2, 0.25) is 0 Å². The molecule has 0 spiro atoms. The van der Waals surface area contributed by atoms with Gasteiger partial charge >= 0.3 is 0 Å². The zero-order chi connectivity index (χ0) is 12.0. The van der Waals surface area contributed by atoms with Gasteiger partial charge in [-0.1, -0.05) is 20.3 Å². The van der Waals surface area contributed by atoms with Crippen molar-refractivity contribution in [3.8, 4) is 0 Å². The third-order valence-electron chi connectivity index (χ3n) is 2.33. The number of hydrogen-bond acceptors (Lipinski definition) is 4. The highest BCUT2D eigenvalue weighted by atomic mass is 16.3. The Morgan fingerprint density at radius 2 is 2.38 bits per heavy atom. The quantitative estimate of drug-likeness (QED) is 0.721. The molecule has 0 saturated carbocycles. The summed E-state index contributed by atoms with van der Waals surface area (Å²) in [4.78, 5) is 15.6. The Labute approximate surface area is 95.4 Å². The van der Waals surface area contributed by atoms with E-state index in [1.807, 2.05) is 6.92 Å². The van der Waals surface area contributed by atoms with Crippen molar-refractivity contribution in [3.05, 3.63) is 17.8 Å². The third kappa shape index (κ3) is 3.34. The number of oxazole rings is 1. The minimum atomic E-state index is -0.239. The van der Waals surface area contributed by atoms with E-state index in [-0.39, 0.29) is 11.9 Å². The molecule has 0 aliphatic rings. The van der Waals surface area contributed by atoms with Gasteiger partial charge in [0.05, 0.1) is 6.04 Å². The lowest BCUT2D eigenvalue weighted by molar-refractivity contribution is 0.0948. The molecule has 1 atom stereocenters. The topological polar surface area (TPSA) is 81.2 Å². The first-order chi connectivity index (χ1) is 7.69. The lowest BCUT2D eigenvalue weighted by Crippen LogP contribution is -2.24. The van der Waals surface area contributed by atoms with Crippen LogP contribution in [0, 0.1) is 0 Å². The lowest BCUT2D eigenvalue weighted by Gasteiger charge is -2.01. The molecule has 0 radical (unpaired) electrons. The second-order valence-electron chi connectivity index (χ2n) is 3.70. The summed E-state index contributed by atoms with van der Waals surface area (Å²) in [6.07, 6.45) is 4.10. The number of rotatable bonds is 6. The summed E-state index contributed by atoms with van der Waals surface area (Å²) < 4.78 is 5.15. The van der Waals surface area contributed by atoms with Gasteiger partial charge < -0.3 is 15.5 Å². The van der Waals surface area contributed by atoms with Gasteiger partial charge in [-0.3, -0.25) is 4.79 Å². The molecule has 16 heavy (non-hydrogen) atoms. The maximum absolute atomic E-state index is 11.6. The van der Waals surface area contributed by atoms with Crippen molar-refractivity contribution in [1.82, 2.24) is 10.3 Å². The Hall–Kier alpha value is -1.36. The van der Waals surface area contributed by atoms with Crippen LogP contribution in [-0.4, -0.2) is 17.4 Å². The molecule has 1 aromatic rings. The van der Waals surface area contributed by atoms with Crippen molar-refractivity contribution >= 4 is 5.91 Å². The van der Waals surface area contributed by atoms with Crippen LogP contribution in [0.5, 0.6) is 0 Å². The number of nitrogens with zero attached hydrogens (tertiary/aromatic N) is 1. The van der Waals surface area contributed by atoms with Gasteiger partial charge in [-0.25, -0.2) is 4.98 Å². The molecule has 0 saturated heterocycles. The number of amides is 1. The predicted octanol–water partition coefficient (Wildman–Crippen LogP) is 1.61. The lowest BCUT2D eigenvalue weighted by atomic mass is 10.2. The van der Waals surface area contributed by atoms with Crippen molar-refractivity contribution in [1.29, 1.82) is 0 Å². The van der Waals surface area contributed by atoms with Crippen molar-refractivity contribution in [3.63, 3.8) is 0 Å². The Morgan fingerprint density at radius 3 is 3.00 bits per heavy atom. The number of nitrogens with two attached hydrogens (primary N) is 1. The fourth-order valence-electron chi connectivity index (χ4n) is 1.21. The van der Waals surface area contributed by atoms with Crippen molar-refractivity contribution in [2.24, 2.45) is 5.73 Å². The molecule has 1 unspecified atom stereocenters. The summed E-state index contributed by atoms with van der Waals surface area (Å²) in [5.74, 6) is 0.217. The highest BCUT2D eigenvalue weighted by molar-refractivity contribution is 5.91. The van der Waals surface area contributed by atoms with E-state index >= 15 is 0 Å². The highest BCUT2D eigenvalue weighted by Crippen LogP contribution is 2.12. The normalized spacial score (nSPS) is 12.4. The molecule has 0 fully saturated rings. The second kappa shape index (κ2) is 6.27. The van der Waals surface area contributed by atoms with Crippen molar-refractivity contribution < 1.29 is 9.21 Å². The molecule has 90 valence electrons. The molecule has 0 aliphatic heterocycles. The first-order valence-corrected chi connectivity index (χ1v) is 5.68. The van der Waals surface area contributed by atoms with Gasteiger partial charge in [-0.05, 0) is 12.8 Å². The minimum absolute atomic E-state index is 0.202. The van der Waals surface area contributed by atoms with E-state index < -0.39 is 0 Å². The monoisotopic (exact) mass is 225 g/mol. The van der Waals surface area contributed by atoms with Gasteiger partial charge in [0.2, 0.25) is 5.89 Å². The van der Waals surface area contributed by atoms with E-state index in [9.17, 15) is 4.79 Å². The van der Waals surface area contributed by atoms with E-state index in [4.69, 9.17) is 10.2 Å². The Bertz CT molecular complexity index is 336. The van der Waals surface area contributed by atoms with Crippen LogP contribution in [0.3, 0.4) is 0 Å². The predicted molar refractivity (Wildman–Crippen MR) is 61.0 cm³/mol. The van der Waals surface area contributed by atoms with E-state index in [0.717, 1.165) is 19.3 Å². The van der Waals surface area contributed by atoms with Gasteiger partial charge in [0.1, 0.15) is 6.26 Å². The van der Waals surface area contributed by atoms with E-state index in [1.54, 1.807) is 0 Å². The highest BCUT2D eigenvalue weighted by Gasteiger charge is 2.15. The van der Waals surface area contributed by atoms with E-state index in [2.05, 4.69) is 17.2 Å². The Balaban J connectivity index is 2.53. The van der Waals surface area contributed by atoms with Gasteiger partial charge in [0, 0.05) is 6.54 Å². The average molecular weight is 225 g/mol. The van der Waals surface area contributed by atoms with Crippen LogP contribution in [0.4, 0.5) is 0 Å². The Morgan fingerprint density at radius 1 is 1.62 bits per heavy atom. The minimum Gasteiger partial charge on any atom is -0.446 e. The summed E-state index contributed by atoms with van der Waals surface area (Å²) in [7, 11) is 0. The molecule has 0 bridgehead atoms. The number of carbonyl (C=O) groups is 1. The van der Waals surface area contributed by atoms with Crippen LogP contribution in [0.15, 0.2) is 10.7 Å². The van der Waals surface area contributed by atoms with Gasteiger partial charge in [-0.15, -0.1) is 0 Å². The van der Waals surface area contributed by atoms with Crippen molar-refractivity contribution in [2.75, 3.05) is 6.54 Å². The summed E-state index contributed by atoms with van der Waals surface area (Å²) in [5.41, 5.74) is 6.04. The molecule has 1 heterocycles. The number of carbonyl (C=O) groups excluding carboxylic acids is 1. The maximum atomic E-state index is 11.6. The molecule has 0 aromatic carbocycles. The molecule has 1 rings (SSSR count). The molecule has 3 N–H and O–H groups in total. The Kier molecular flexibility index (Phi) is 4.98. The standard InChI is InChI=1S/C11H19N3O2/c1-3-5-6-13-10(15)9-7-16-11(14-9)8(12)4-2/h7-8H,3-6,12H2,1-2H3,(H,13,15). The zero-order valence-electron chi connectivity index (χ0n) is 9.82. The first-order valence-electron chi connectivity index (χ1n) is 5.68. The SMILES string of the molecule is CCCCNC(=O)c1coc(C(N)CC)n1. The number of hydrogen-bond donors (Lipinski definition) is 2. The van der Waals surface area contributed by atoms with Crippen LogP contribution in [0.1, 0.15) is 55.5 Å². The fraction of sp³-hybridized carbons (Fsp3) is 0.636. The molecular weight excluding hydrogens is 206 g/mol. The summed E-state index contributed by atoms with van der Waals surface area (Å²) in [6, 6.07) is -0.239. The smallest absolute Gasteiger partial charge is 0.273 e. The number of nitrogens with one attached hydrogen (secondary N) is 1. The number of aromatic nitrogens is 1. The van der Waals surface area contributed by atoms with Crippen LogP contribution >= 0.6 is 0 Å². The zero-order valence-corrected chi connectivity index (χ0v) is 9.82. The summed E-state index contributed by atoms with van der Waals surface area (Å²) >= 11 is 0. The molecule has 5 heteroatoms. The van der Waals surface area contributed by atoms with Gasteiger partial charge in [0.15, 0.2) is 5.69 Å². The largest absolute Gasteiger partial charge is 0.446 e. The van der Waals surface area contributed by atoms with Gasteiger partial charge in [-0.2, -0.15) is 0 Å². The summed E-state index contributed by atoms with van der Waals surface area (Å²) in [5, 5.41) is 2.77. The summed E-state index contributed by atoms with van der Waals surface area (Å²) in [6.45, 7) is 4.67. The van der Waals surface area contributed by atoms with Crippen LogP contribution in [-0.2, 0) is 0 Å². The van der Waals surface area contributed by atoms with Crippen LogP contribution < -0.4 is 11.1 Å². The number of unbranched alkanes of at least 4 members (excludes halogenated alkanes) is 1. The van der Waals surface area contributed by atoms with Gasteiger partial charge in [0.25, 0.3) is 5.91 Å². The van der Waals surface area contributed by atoms with Crippen molar-refractivity contribution in [2.45, 2.75) is 39.2 Å². The first kappa shape index (κ1) is 12.7. The third-order valence-corrected chi connectivity index (χ3v) is 2.33. The van der Waals surface area contributed by atoms with E-state index in [0.29, 0.717) is 18.1 Å². The maximum Gasteiger partial charge on any atom is 0.273 e.